The molecule has 3 rings (SSSR count). The number of hydrogen-bond donors (Lipinski definition) is 1. The summed E-state index contributed by atoms with van der Waals surface area (Å²) in [5.41, 5.74) is 3.25. The third kappa shape index (κ3) is 3.16. The first-order valence-electron chi connectivity index (χ1n) is 7.71. The quantitative estimate of drug-likeness (QED) is 0.915. The standard InChI is InChI=1S/C16H22N6/c1-11-7-14(13-5-4-6-13)21-16(20-11)22(3)10-12-8-18-15(17-2)19-9-12/h7-9,13H,4-6,10H2,1-3H3,(H,17,18,19). The normalized spacial score (nSPS) is 14.5. The summed E-state index contributed by atoms with van der Waals surface area (Å²) >= 11 is 0. The summed E-state index contributed by atoms with van der Waals surface area (Å²) in [6, 6.07) is 2.12. The minimum absolute atomic E-state index is 0.618. The molecule has 1 fully saturated rings. The van der Waals surface area contributed by atoms with Crippen LogP contribution in [0.3, 0.4) is 0 Å². The number of hydrogen-bond acceptors (Lipinski definition) is 6. The van der Waals surface area contributed by atoms with Gasteiger partial charge in [0.25, 0.3) is 0 Å². The van der Waals surface area contributed by atoms with Crippen LogP contribution in [0.4, 0.5) is 11.9 Å². The largest absolute Gasteiger partial charge is 0.357 e. The van der Waals surface area contributed by atoms with Gasteiger partial charge >= 0.3 is 0 Å². The Balaban J connectivity index is 1.75. The van der Waals surface area contributed by atoms with Crippen LogP contribution < -0.4 is 10.2 Å². The fraction of sp³-hybridized carbons (Fsp3) is 0.500. The topological polar surface area (TPSA) is 66.8 Å². The van der Waals surface area contributed by atoms with E-state index in [2.05, 4.69) is 26.3 Å². The molecule has 2 aromatic rings. The molecule has 0 saturated heterocycles. The van der Waals surface area contributed by atoms with Crippen molar-refractivity contribution in [1.82, 2.24) is 19.9 Å². The van der Waals surface area contributed by atoms with Gasteiger partial charge < -0.3 is 10.2 Å². The molecule has 2 aromatic heterocycles. The van der Waals surface area contributed by atoms with Crippen molar-refractivity contribution in [2.45, 2.75) is 38.6 Å². The van der Waals surface area contributed by atoms with Gasteiger partial charge in [-0.25, -0.2) is 19.9 Å². The maximum Gasteiger partial charge on any atom is 0.225 e. The van der Waals surface area contributed by atoms with E-state index in [1.54, 1.807) is 0 Å². The van der Waals surface area contributed by atoms with Gasteiger partial charge in [0.1, 0.15) is 0 Å². The third-order valence-electron chi connectivity index (χ3n) is 4.08. The summed E-state index contributed by atoms with van der Waals surface area (Å²) in [7, 11) is 3.81. The highest BCUT2D eigenvalue weighted by Gasteiger charge is 2.22. The van der Waals surface area contributed by atoms with Crippen molar-refractivity contribution in [3.8, 4) is 0 Å². The van der Waals surface area contributed by atoms with Gasteiger partial charge in [-0.3, -0.25) is 0 Å². The van der Waals surface area contributed by atoms with Crippen LogP contribution in [0, 0.1) is 6.92 Å². The number of anilines is 2. The summed E-state index contributed by atoms with van der Waals surface area (Å²) in [5.74, 6) is 2.03. The molecule has 0 radical (unpaired) electrons. The fourth-order valence-electron chi connectivity index (χ4n) is 2.57. The smallest absolute Gasteiger partial charge is 0.225 e. The van der Waals surface area contributed by atoms with Crippen LogP contribution in [0.5, 0.6) is 0 Å². The molecule has 22 heavy (non-hydrogen) atoms. The summed E-state index contributed by atoms with van der Waals surface area (Å²) in [6.45, 7) is 2.73. The number of aryl methyl sites for hydroxylation is 1. The van der Waals surface area contributed by atoms with E-state index >= 15 is 0 Å². The van der Waals surface area contributed by atoms with Crippen molar-refractivity contribution in [1.29, 1.82) is 0 Å². The minimum Gasteiger partial charge on any atom is -0.357 e. The Hall–Kier alpha value is -2.24. The van der Waals surface area contributed by atoms with E-state index in [4.69, 9.17) is 4.98 Å². The molecule has 0 atom stereocenters. The van der Waals surface area contributed by atoms with E-state index in [9.17, 15) is 0 Å². The summed E-state index contributed by atoms with van der Waals surface area (Å²) in [4.78, 5) is 19.8. The second kappa shape index (κ2) is 6.25. The van der Waals surface area contributed by atoms with Gasteiger partial charge in [-0.15, -0.1) is 0 Å². The first kappa shape index (κ1) is 14.7. The highest BCUT2D eigenvalue weighted by Crippen LogP contribution is 2.35. The molecule has 0 amide bonds. The second-order valence-corrected chi connectivity index (χ2v) is 5.88. The predicted molar refractivity (Wildman–Crippen MR) is 87.0 cm³/mol. The van der Waals surface area contributed by atoms with Crippen molar-refractivity contribution in [2.24, 2.45) is 0 Å². The lowest BCUT2D eigenvalue weighted by atomic mass is 9.83. The molecule has 0 aromatic carbocycles. The van der Waals surface area contributed by atoms with Gasteiger partial charge in [0.2, 0.25) is 11.9 Å². The lowest BCUT2D eigenvalue weighted by molar-refractivity contribution is 0.410. The molecular formula is C16H22N6. The van der Waals surface area contributed by atoms with Gasteiger partial charge in [0, 0.05) is 55.9 Å². The highest BCUT2D eigenvalue weighted by atomic mass is 15.2. The predicted octanol–water partition coefficient (Wildman–Crippen LogP) is 2.52. The number of rotatable bonds is 5. The summed E-state index contributed by atoms with van der Waals surface area (Å²) < 4.78 is 0. The third-order valence-corrected chi connectivity index (χ3v) is 4.08. The van der Waals surface area contributed by atoms with Crippen molar-refractivity contribution in [2.75, 3.05) is 24.3 Å². The average molecular weight is 298 g/mol. The van der Waals surface area contributed by atoms with Crippen LogP contribution in [-0.4, -0.2) is 34.0 Å². The zero-order valence-corrected chi connectivity index (χ0v) is 13.4. The molecule has 6 heteroatoms. The maximum atomic E-state index is 4.75. The molecule has 0 aliphatic heterocycles. The molecule has 1 N–H and O–H groups in total. The Morgan fingerprint density at radius 1 is 1.23 bits per heavy atom. The van der Waals surface area contributed by atoms with E-state index < -0.39 is 0 Å². The Labute approximate surface area is 131 Å². The van der Waals surface area contributed by atoms with E-state index in [0.717, 1.165) is 17.2 Å². The molecular weight excluding hydrogens is 276 g/mol. The van der Waals surface area contributed by atoms with E-state index in [1.807, 2.05) is 38.3 Å². The number of nitrogens with one attached hydrogen (secondary N) is 1. The number of nitrogens with zero attached hydrogens (tertiary/aromatic N) is 5. The highest BCUT2D eigenvalue weighted by molar-refractivity contribution is 5.34. The minimum atomic E-state index is 0.618. The van der Waals surface area contributed by atoms with Crippen molar-refractivity contribution >= 4 is 11.9 Å². The molecule has 1 aliphatic carbocycles. The van der Waals surface area contributed by atoms with Crippen LogP contribution in [0.2, 0.25) is 0 Å². The van der Waals surface area contributed by atoms with Crippen molar-refractivity contribution in [3.05, 3.63) is 35.4 Å². The summed E-state index contributed by atoms with van der Waals surface area (Å²) in [5, 5.41) is 2.92. The fourth-order valence-corrected chi connectivity index (χ4v) is 2.57. The van der Waals surface area contributed by atoms with E-state index in [-0.39, 0.29) is 0 Å². The first-order chi connectivity index (χ1) is 10.7. The summed E-state index contributed by atoms with van der Waals surface area (Å²) in [6.07, 6.45) is 7.47. The van der Waals surface area contributed by atoms with E-state index in [1.165, 1.54) is 25.0 Å². The Bertz CT molecular complexity index is 636. The Morgan fingerprint density at radius 2 is 1.95 bits per heavy atom. The van der Waals surface area contributed by atoms with E-state index in [0.29, 0.717) is 18.4 Å². The van der Waals surface area contributed by atoms with Crippen LogP contribution >= 0.6 is 0 Å². The molecule has 2 heterocycles. The van der Waals surface area contributed by atoms with Gasteiger partial charge in [-0.2, -0.15) is 0 Å². The Morgan fingerprint density at radius 3 is 2.55 bits per heavy atom. The molecule has 0 bridgehead atoms. The SMILES string of the molecule is CNc1ncc(CN(C)c2nc(C)cc(C3CCC3)n2)cn1. The lowest BCUT2D eigenvalue weighted by Crippen LogP contribution is -2.21. The van der Waals surface area contributed by atoms with Gasteiger partial charge in [0.05, 0.1) is 0 Å². The monoisotopic (exact) mass is 298 g/mol. The Kier molecular flexibility index (Phi) is 4.18. The molecule has 1 saturated carbocycles. The zero-order valence-electron chi connectivity index (χ0n) is 13.4. The van der Waals surface area contributed by atoms with Crippen LogP contribution in [0.25, 0.3) is 0 Å². The first-order valence-corrected chi connectivity index (χ1v) is 7.71. The van der Waals surface area contributed by atoms with Crippen molar-refractivity contribution in [3.63, 3.8) is 0 Å². The van der Waals surface area contributed by atoms with Crippen LogP contribution in [0.1, 0.15) is 42.1 Å². The molecule has 1 aliphatic rings. The zero-order chi connectivity index (χ0) is 15.5. The van der Waals surface area contributed by atoms with Crippen LogP contribution in [0.15, 0.2) is 18.5 Å². The van der Waals surface area contributed by atoms with Crippen LogP contribution in [-0.2, 0) is 6.54 Å². The molecule has 6 nitrogen and oxygen atoms in total. The van der Waals surface area contributed by atoms with Gasteiger partial charge in [0.15, 0.2) is 0 Å². The van der Waals surface area contributed by atoms with Gasteiger partial charge in [-0.1, -0.05) is 6.42 Å². The second-order valence-electron chi connectivity index (χ2n) is 5.88. The maximum absolute atomic E-state index is 4.75. The number of aromatic nitrogens is 4. The van der Waals surface area contributed by atoms with Gasteiger partial charge in [-0.05, 0) is 25.8 Å². The van der Waals surface area contributed by atoms with Crippen molar-refractivity contribution < 1.29 is 0 Å². The molecule has 0 spiro atoms. The lowest BCUT2D eigenvalue weighted by Gasteiger charge is -2.26. The molecule has 116 valence electrons. The average Bonchev–Trinajstić information content (AvgIpc) is 2.45. The molecule has 0 unspecified atom stereocenters.